The zero-order chi connectivity index (χ0) is 14.8. The molecule has 1 saturated carbocycles. The van der Waals surface area contributed by atoms with Crippen LogP contribution in [-0.2, 0) is 0 Å². The van der Waals surface area contributed by atoms with Crippen LogP contribution in [0.3, 0.4) is 0 Å². The molecule has 1 aliphatic carbocycles. The third-order valence-corrected chi connectivity index (χ3v) is 5.71. The van der Waals surface area contributed by atoms with E-state index in [9.17, 15) is 9.65 Å². The van der Waals surface area contributed by atoms with Crippen molar-refractivity contribution >= 4 is 11.8 Å². The Balaban J connectivity index is 2.14. The standard InChI is InChI=1S/C17H22FNS/c1-17(2,3)13-9-8-12(11-19)16(10-13)20-15-7-5-4-6-14(15)18/h4-7,12-13,16H,8-10H2,1-3H3. The highest BCUT2D eigenvalue weighted by molar-refractivity contribution is 8.00. The van der Waals surface area contributed by atoms with Gasteiger partial charge in [-0.15, -0.1) is 11.8 Å². The van der Waals surface area contributed by atoms with Gasteiger partial charge in [-0.05, 0) is 42.7 Å². The van der Waals surface area contributed by atoms with E-state index in [1.54, 1.807) is 17.8 Å². The van der Waals surface area contributed by atoms with Crippen LogP contribution in [0, 0.1) is 34.4 Å². The van der Waals surface area contributed by atoms with Gasteiger partial charge in [-0.1, -0.05) is 32.9 Å². The van der Waals surface area contributed by atoms with E-state index in [0.29, 0.717) is 10.8 Å². The molecule has 0 amide bonds. The van der Waals surface area contributed by atoms with Gasteiger partial charge in [0.1, 0.15) is 5.82 Å². The Morgan fingerprint density at radius 1 is 1.25 bits per heavy atom. The molecule has 1 nitrogen and oxygen atoms in total. The molecule has 108 valence electrons. The largest absolute Gasteiger partial charge is 0.206 e. The highest BCUT2D eigenvalue weighted by Crippen LogP contribution is 2.45. The fourth-order valence-corrected chi connectivity index (χ4v) is 4.25. The molecule has 3 atom stereocenters. The second-order valence-electron chi connectivity index (χ2n) is 6.70. The minimum Gasteiger partial charge on any atom is -0.206 e. The lowest BCUT2D eigenvalue weighted by molar-refractivity contribution is 0.169. The van der Waals surface area contributed by atoms with Gasteiger partial charge in [-0.3, -0.25) is 0 Å². The first kappa shape index (κ1) is 15.4. The van der Waals surface area contributed by atoms with Crippen molar-refractivity contribution in [3.05, 3.63) is 30.1 Å². The smallest absolute Gasteiger partial charge is 0.136 e. The summed E-state index contributed by atoms with van der Waals surface area (Å²) in [6.45, 7) is 6.78. The second-order valence-corrected chi connectivity index (χ2v) is 7.98. The van der Waals surface area contributed by atoms with Crippen molar-refractivity contribution in [2.75, 3.05) is 0 Å². The SMILES string of the molecule is CC(C)(C)C1CCC(C#N)C(Sc2ccccc2F)C1. The van der Waals surface area contributed by atoms with Crippen LogP contribution < -0.4 is 0 Å². The number of hydrogen-bond donors (Lipinski definition) is 0. The number of benzene rings is 1. The number of rotatable bonds is 2. The van der Waals surface area contributed by atoms with Gasteiger partial charge >= 0.3 is 0 Å². The lowest BCUT2D eigenvalue weighted by atomic mass is 9.70. The minimum absolute atomic E-state index is 0.0400. The summed E-state index contributed by atoms with van der Waals surface area (Å²) in [5, 5.41) is 9.54. The lowest BCUT2D eigenvalue weighted by Crippen LogP contribution is -2.33. The van der Waals surface area contributed by atoms with Crippen molar-refractivity contribution in [1.82, 2.24) is 0 Å². The summed E-state index contributed by atoms with van der Waals surface area (Å²) in [7, 11) is 0. The molecule has 0 saturated heterocycles. The van der Waals surface area contributed by atoms with Crippen LogP contribution in [0.4, 0.5) is 4.39 Å². The van der Waals surface area contributed by atoms with Gasteiger partial charge in [-0.2, -0.15) is 5.26 Å². The first-order chi connectivity index (χ1) is 9.41. The van der Waals surface area contributed by atoms with Crippen LogP contribution in [0.2, 0.25) is 0 Å². The molecule has 1 fully saturated rings. The van der Waals surface area contributed by atoms with Crippen LogP contribution in [0.1, 0.15) is 40.0 Å². The van der Waals surface area contributed by atoms with Gasteiger partial charge in [-0.25, -0.2) is 4.39 Å². The second kappa shape index (κ2) is 6.18. The zero-order valence-corrected chi connectivity index (χ0v) is 13.2. The Hall–Kier alpha value is -1.01. The number of halogens is 1. The normalized spacial score (nSPS) is 27.1. The first-order valence-electron chi connectivity index (χ1n) is 7.22. The summed E-state index contributed by atoms with van der Waals surface area (Å²) in [4.78, 5) is 0.673. The average molecular weight is 291 g/mol. The number of nitrogens with zero attached hydrogens (tertiary/aromatic N) is 1. The van der Waals surface area contributed by atoms with Crippen LogP contribution in [0.5, 0.6) is 0 Å². The Bertz CT molecular complexity index is 500. The van der Waals surface area contributed by atoms with Crippen LogP contribution in [0.15, 0.2) is 29.2 Å². The molecule has 3 unspecified atom stereocenters. The third kappa shape index (κ3) is 3.55. The first-order valence-corrected chi connectivity index (χ1v) is 8.10. The van der Waals surface area contributed by atoms with E-state index in [4.69, 9.17) is 0 Å². The molecule has 0 N–H and O–H groups in total. The Morgan fingerprint density at radius 3 is 2.55 bits per heavy atom. The summed E-state index contributed by atoms with van der Waals surface area (Å²) in [5.41, 5.74) is 0.258. The van der Waals surface area contributed by atoms with Crippen LogP contribution >= 0.6 is 11.8 Å². The van der Waals surface area contributed by atoms with Crippen molar-refractivity contribution in [3.63, 3.8) is 0 Å². The summed E-state index contributed by atoms with van der Waals surface area (Å²) in [5.74, 6) is 0.474. The van der Waals surface area contributed by atoms with E-state index in [1.165, 1.54) is 6.07 Å². The minimum atomic E-state index is -0.174. The Labute approximate surface area is 125 Å². The third-order valence-electron chi connectivity index (χ3n) is 4.30. The van der Waals surface area contributed by atoms with E-state index in [2.05, 4.69) is 26.8 Å². The zero-order valence-electron chi connectivity index (χ0n) is 12.4. The molecule has 0 spiro atoms. The van der Waals surface area contributed by atoms with E-state index in [0.717, 1.165) is 19.3 Å². The van der Waals surface area contributed by atoms with Crippen molar-refractivity contribution in [1.29, 1.82) is 5.26 Å². The molecular weight excluding hydrogens is 269 g/mol. The maximum atomic E-state index is 13.8. The maximum Gasteiger partial charge on any atom is 0.136 e. The van der Waals surface area contributed by atoms with Crippen molar-refractivity contribution in [2.45, 2.75) is 50.2 Å². The monoisotopic (exact) mass is 291 g/mol. The van der Waals surface area contributed by atoms with Gasteiger partial charge in [0.05, 0.1) is 12.0 Å². The fraction of sp³-hybridized carbons (Fsp3) is 0.588. The quantitative estimate of drug-likeness (QED) is 0.741. The molecule has 0 radical (unpaired) electrons. The summed E-state index contributed by atoms with van der Waals surface area (Å²) < 4.78 is 13.8. The lowest BCUT2D eigenvalue weighted by Gasteiger charge is -2.39. The molecule has 0 heterocycles. The van der Waals surface area contributed by atoms with Gasteiger partial charge in [0.25, 0.3) is 0 Å². The Morgan fingerprint density at radius 2 is 1.95 bits per heavy atom. The molecule has 2 rings (SSSR count). The predicted octanol–water partition coefficient (Wildman–Crippen LogP) is 5.27. The molecule has 0 bridgehead atoms. The molecular formula is C17H22FNS. The van der Waals surface area contributed by atoms with E-state index in [1.807, 2.05) is 12.1 Å². The molecule has 1 aromatic carbocycles. The van der Waals surface area contributed by atoms with E-state index >= 15 is 0 Å². The highest BCUT2D eigenvalue weighted by atomic mass is 32.2. The van der Waals surface area contributed by atoms with E-state index in [-0.39, 0.29) is 22.4 Å². The Kier molecular flexibility index (Phi) is 4.75. The van der Waals surface area contributed by atoms with Gasteiger partial charge < -0.3 is 0 Å². The molecule has 1 aliphatic rings. The van der Waals surface area contributed by atoms with Crippen LogP contribution in [-0.4, -0.2) is 5.25 Å². The fourth-order valence-electron chi connectivity index (χ4n) is 2.90. The van der Waals surface area contributed by atoms with E-state index < -0.39 is 0 Å². The van der Waals surface area contributed by atoms with Gasteiger partial charge in [0.2, 0.25) is 0 Å². The molecule has 0 aromatic heterocycles. The van der Waals surface area contributed by atoms with Crippen molar-refractivity contribution < 1.29 is 4.39 Å². The molecule has 0 aliphatic heterocycles. The van der Waals surface area contributed by atoms with Crippen molar-refractivity contribution in [3.8, 4) is 6.07 Å². The molecule has 3 heteroatoms. The average Bonchev–Trinajstić information content (AvgIpc) is 2.40. The van der Waals surface area contributed by atoms with Gasteiger partial charge in [0, 0.05) is 10.1 Å². The van der Waals surface area contributed by atoms with Crippen LogP contribution in [0.25, 0.3) is 0 Å². The number of thioether (sulfide) groups is 1. The number of hydrogen-bond acceptors (Lipinski definition) is 2. The summed E-state index contributed by atoms with van der Waals surface area (Å²) in [6, 6.07) is 9.30. The summed E-state index contributed by atoms with van der Waals surface area (Å²) in [6.07, 6.45) is 3.04. The molecule has 20 heavy (non-hydrogen) atoms. The van der Waals surface area contributed by atoms with Gasteiger partial charge in [0.15, 0.2) is 0 Å². The number of nitriles is 1. The predicted molar refractivity (Wildman–Crippen MR) is 81.9 cm³/mol. The highest BCUT2D eigenvalue weighted by Gasteiger charge is 2.36. The summed E-state index contributed by atoms with van der Waals surface area (Å²) >= 11 is 1.55. The molecule has 1 aromatic rings. The van der Waals surface area contributed by atoms with Crippen molar-refractivity contribution in [2.24, 2.45) is 17.3 Å². The maximum absolute atomic E-state index is 13.8. The topological polar surface area (TPSA) is 23.8 Å².